The minimum Gasteiger partial charge on any atom is -0.207 e. The molecule has 3 aromatic carbocycles. The van der Waals surface area contributed by atoms with Crippen molar-refractivity contribution >= 4 is 10.0 Å². The van der Waals surface area contributed by atoms with Crippen molar-refractivity contribution < 1.29 is 12.8 Å². The van der Waals surface area contributed by atoms with Crippen molar-refractivity contribution in [1.82, 2.24) is 4.31 Å². The third-order valence-corrected chi connectivity index (χ3v) is 6.25. The van der Waals surface area contributed by atoms with Crippen LogP contribution in [0.25, 0.3) is 0 Å². The average Bonchev–Trinajstić information content (AvgIpc) is 2.67. The molecule has 0 amide bonds. The summed E-state index contributed by atoms with van der Waals surface area (Å²) < 4.78 is 41.2. The zero-order chi connectivity index (χ0) is 18.6. The molecule has 3 nitrogen and oxygen atoms in total. The molecule has 0 aromatic heterocycles. The summed E-state index contributed by atoms with van der Waals surface area (Å²) in [6, 6.07) is 23.5. The van der Waals surface area contributed by atoms with Gasteiger partial charge in [-0.2, -0.15) is 4.31 Å². The van der Waals surface area contributed by atoms with Crippen molar-refractivity contribution in [3.05, 3.63) is 102 Å². The molecule has 3 aromatic rings. The highest BCUT2D eigenvalue weighted by Crippen LogP contribution is 2.29. The van der Waals surface area contributed by atoms with Crippen molar-refractivity contribution in [2.75, 3.05) is 0 Å². The summed E-state index contributed by atoms with van der Waals surface area (Å²) >= 11 is 0. The van der Waals surface area contributed by atoms with Gasteiger partial charge < -0.3 is 0 Å². The third-order valence-electron chi connectivity index (χ3n) is 4.32. The number of hydrogen-bond acceptors (Lipinski definition) is 2. The second-order valence-electron chi connectivity index (χ2n) is 6.08. The van der Waals surface area contributed by atoms with E-state index in [1.807, 2.05) is 67.6 Å². The zero-order valence-corrected chi connectivity index (χ0v) is 15.2. The Morgan fingerprint density at radius 3 is 1.96 bits per heavy atom. The molecule has 0 heterocycles. The SMILES string of the molecule is CC(c1ccccc1)N(Cc1ccccc1)S(=O)(=O)c1ccc(F)cc1. The first kappa shape index (κ1) is 18.3. The van der Waals surface area contributed by atoms with E-state index in [9.17, 15) is 12.8 Å². The predicted octanol–water partition coefficient (Wildman–Crippen LogP) is 4.78. The maximum Gasteiger partial charge on any atom is 0.243 e. The Bertz CT molecular complexity index is 942. The van der Waals surface area contributed by atoms with Gasteiger partial charge in [0.15, 0.2) is 0 Å². The second-order valence-corrected chi connectivity index (χ2v) is 7.97. The molecule has 0 spiro atoms. The molecule has 0 fully saturated rings. The molecule has 5 heteroatoms. The molecule has 0 saturated carbocycles. The van der Waals surface area contributed by atoms with Gasteiger partial charge in [-0.05, 0) is 42.3 Å². The van der Waals surface area contributed by atoms with E-state index in [0.29, 0.717) is 0 Å². The molecular weight excluding hydrogens is 349 g/mol. The van der Waals surface area contributed by atoms with E-state index in [1.165, 1.54) is 28.6 Å². The number of rotatable bonds is 6. The van der Waals surface area contributed by atoms with Crippen LogP contribution in [-0.4, -0.2) is 12.7 Å². The summed E-state index contributed by atoms with van der Waals surface area (Å²) in [7, 11) is -3.80. The molecule has 0 radical (unpaired) electrons. The molecule has 0 aliphatic carbocycles. The molecule has 1 atom stereocenters. The molecule has 134 valence electrons. The van der Waals surface area contributed by atoms with Crippen LogP contribution in [0.3, 0.4) is 0 Å². The van der Waals surface area contributed by atoms with Gasteiger partial charge in [0.25, 0.3) is 0 Å². The standard InChI is InChI=1S/C21H20FNO2S/c1-17(19-10-6-3-7-11-19)23(16-18-8-4-2-5-9-18)26(24,25)21-14-12-20(22)13-15-21/h2-15,17H,16H2,1H3. The molecule has 3 rings (SSSR count). The number of benzene rings is 3. The van der Waals surface area contributed by atoms with Crippen molar-refractivity contribution in [2.45, 2.75) is 24.4 Å². The van der Waals surface area contributed by atoms with Crippen LogP contribution in [0.5, 0.6) is 0 Å². The Morgan fingerprint density at radius 1 is 0.846 bits per heavy atom. The maximum absolute atomic E-state index is 13.3. The Morgan fingerprint density at radius 2 is 1.38 bits per heavy atom. The fourth-order valence-corrected chi connectivity index (χ4v) is 4.44. The molecule has 0 aliphatic heterocycles. The van der Waals surface area contributed by atoms with E-state index in [2.05, 4.69) is 0 Å². The summed E-state index contributed by atoms with van der Waals surface area (Å²) in [5, 5.41) is 0. The fraction of sp³-hybridized carbons (Fsp3) is 0.143. The predicted molar refractivity (Wildman–Crippen MR) is 100 cm³/mol. The smallest absolute Gasteiger partial charge is 0.207 e. The zero-order valence-electron chi connectivity index (χ0n) is 14.4. The van der Waals surface area contributed by atoms with Crippen LogP contribution in [0.4, 0.5) is 4.39 Å². The van der Waals surface area contributed by atoms with Crippen LogP contribution in [-0.2, 0) is 16.6 Å². The molecule has 1 unspecified atom stereocenters. The first-order valence-electron chi connectivity index (χ1n) is 8.35. The van der Waals surface area contributed by atoms with Gasteiger partial charge in [0.2, 0.25) is 10.0 Å². The number of hydrogen-bond donors (Lipinski definition) is 0. The van der Waals surface area contributed by atoms with Crippen molar-refractivity contribution in [3.63, 3.8) is 0 Å². The van der Waals surface area contributed by atoms with Crippen molar-refractivity contribution in [3.8, 4) is 0 Å². The first-order chi connectivity index (χ1) is 12.5. The average molecular weight is 369 g/mol. The Balaban J connectivity index is 2.03. The Kier molecular flexibility index (Phi) is 5.49. The summed E-state index contributed by atoms with van der Waals surface area (Å²) in [4.78, 5) is 0.0811. The molecule has 0 N–H and O–H groups in total. The molecule has 26 heavy (non-hydrogen) atoms. The Labute approximate surface area is 153 Å². The van der Waals surface area contributed by atoms with Gasteiger partial charge in [0, 0.05) is 12.6 Å². The van der Waals surface area contributed by atoms with E-state index in [-0.39, 0.29) is 17.5 Å². The van der Waals surface area contributed by atoms with Crippen LogP contribution >= 0.6 is 0 Å². The van der Waals surface area contributed by atoms with Crippen LogP contribution in [0.15, 0.2) is 89.8 Å². The highest BCUT2D eigenvalue weighted by atomic mass is 32.2. The van der Waals surface area contributed by atoms with Crippen LogP contribution in [0, 0.1) is 5.82 Å². The van der Waals surface area contributed by atoms with E-state index >= 15 is 0 Å². The van der Waals surface area contributed by atoms with Crippen molar-refractivity contribution in [1.29, 1.82) is 0 Å². The highest BCUT2D eigenvalue weighted by Gasteiger charge is 2.30. The lowest BCUT2D eigenvalue weighted by Gasteiger charge is -2.29. The van der Waals surface area contributed by atoms with Crippen LogP contribution in [0.1, 0.15) is 24.1 Å². The minimum atomic E-state index is -3.80. The van der Waals surface area contributed by atoms with Gasteiger partial charge in [-0.1, -0.05) is 60.7 Å². The number of halogens is 1. The van der Waals surface area contributed by atoms with E-state index in [0.717, 1.165) is 11.1 Å². The molecule has 0 saturated heterocycles. The molecular formula is C21H20FNO2S. The largest absolute Gasteiger partial charge is 0.243 e. The van der Waals surface area contributed by atoms with Gasteiger partial charge in [-0.15, -0.1) is 0 Å². The van der Waals surface area contributed by atoms with Gasteiger partial charge in [-0.25, -0.2) is 12.8 Å². The quantitative estimate of drug-likeness (QED) is 0.627. The van der Waals surface area contributed by atoms with E-state index < -0.39 is 15.8 Å². The third kappa shape index (κ3) is 4.00. The first-order valence-corrected chi connectivity index (χ1v) is 9.79. The lowest BCUT2D eigenvalue weighted by molar-refractivity contribution is 0.336. The lowest BCUT2D eigenvalue weighted by atomic mass is 10.1. The van der Waals surface area contributed by atoms with E-state index in [1.54, 1.807) is 0 Å². The number of nitrogens with zero attached hydrogens (tertiary/aromatic N) is 1. The second kappa shape index (κ2) is 7.81. The van der Waals surface area contributed by atoms with E-state index in [4.69, 9.17) is 0 Å². The van der Waals surface area contributed by atoms with Gasteiger partial charge >= 0.3 is 0 Å². The van der Waals surface area contributed by atoms with Crippen molar-refractivity contribution in [2.24, 2.45) is 0 Å². The van der Waals surface area contributed by atoms with Gasteiger partial charge in [-0.3, -0.25) is 0 Å². The maximum atomic E-state index is 13.3. The summed E-state index contributed by atoms with van der Waals surface area (Å²) in [5.74, 6) is -0.463. The summed E-state index contributed by atoms with van der Waals surface area (Å²) in [5.41, 5.74) is 1.79. The molecule has 0 aliphatic rings. The minimum absolute atomic E-state index is 0.0811. The van der Waals surface area contributed by atoms with Gasteiger partial charge in [0.1, 0.15) is 5.82 Å². The number of sulfonamides is 1. The fourth-order valence-electron chi connectivity index (χ4n) is 2.83. The Hall–Kier alpha value is -2.50. The van der Waals surface area contributed by atoms with Crippen LogP contribution in [0.2, 0.25) is 0 Å². The van der Waals surface area contributed by atoms with Crippen LogP contribution < -0.4 is 0 Å². The normalized spacial score (nSPS) is 12.9. The highest BCUT2D eigenvalue weighted by molar-refractivity contribution is 7.89. The monoisotopic (exact) mass is 369 g/mol. The van der Waals surface area contributed by atoms with Gasteiger partial charge in [0.05, 0.1) is 4.90 Å². The summed E-state index contributed by atoms with van der Waals surface area (Å²) in [6.07, 6.45) is 0. The summed E-state index contributed by atoms with van der Waals surface area (Å²) in [6.45, 7) is 2.09. The topological polar surface area (TPSA) is 37.4 Å². The lowest BCUT2D eigenvalue weighted by Crippen LogP contribution is -2.33. The molecule has 0 bridgehead atoms.